The van der Waals surface area contributed by atoms with E-state index < -0.39 is 29.0 Å². The van der Waals surface area contributed by atoms with E-state index in [1.54, 1.807) is 12.1 Å². The molecule has 2 amide bonds. The standard InChI is InChI=1S/C14H14F2N2O3/c1-14(20,11-6-3-7-21-11)8-17-13(19)18-12-9(15)4-2-5-10(12)16/h2-7,20H,8H2,1H3,(H2,17,18,19). The maximum absolute atomic E-state index is 13.4. The molecule has 7 heteroatoms. The van der Waals surface area contributed by atoms with Crippen LogP contribution in [0.15, 0.2) is 41.0 Å². The molecule has 0 radical (unpaired) electrons. The number of rotatable bonds is 4. The van der Waals surface area contributed by atoms with Crippen molar-refractivity contribution in [2.24, 2.45) is 0 Å². The molecule has 3 N–H and O–H groups in total. The van der Waals surface area contributed by atoms with Gasteiger partial charge in [-0.3, -0.25) is 0 Å². The van der Waals surface area contributed by atoms with Gasteiger partial charge in [0.1, 0.15) is 28.7 Å². The number of benzene rings is 1. The predicted octanol–water partition coefficient (Wildman–Crippen LogP) is 2.59. The van der Waals surface area contributed by atoms with Crippen LogP contribution >= 0.6 is 0 Å². The second kappa shape index (κ2) is 5.92. The molecule has 1 atom stereocenters. The summed E-state index contributed by atoms with van der Waals surface area (Å²) in [5, 5.41) is 14.5. The van der Waals surface area contributed by atoms with Gasteiger partial charge in [-0.2, -0.15) is 0 Å². The van der Waals surface area contributed by atoms with Crippen LogP contribution in [-0.2, 0) is 5.60 Å². The van der Waals surface area contributed by atoms with Crippen LogP contribution in [0, 0.1) is 11.6 Å². The molecule has 0 bridgehead atoms. The van der Waals surface area contributed by atoms with Crippen molar-refractivity contribution in [2.45, 2.75) is 12.5 Å². The quantitative estimate of drug-likeness (QED) is 0.812. The van der Waals surface area contributed by atoms with E-state index in [4.69, 9.17) is 4.42 Å². The fourth-order valence-electron chi connectivity index (χ4n) is 1.70. The highest BCUT2D eigenvalue weighted by Gasteiger charge is 2.27. The Kier molecular flexibility index (Phi) is 4.23. The third kappa shape index (κ3) is 3.57. The van der Waals surface area contributed by atoms with Crippen molar-refractivity contribution in [3.63, 3.8) is 0 Å². The molecule has 0 aliphatic rings. The second-order valence-electron chi connectivity index (χ2n) is 4.66. The molecule has 112 valence electrons. The van der Waals surface area contributed by atoms with Crippen LogP contribution in [0.1, 0.15) is 12.7 Å². The Morgan fingerprint density at radius 1 is 1.29 bits per heavy atom. The monoisotopic (exact) mass is 296 g/mol. The van der Waals surface area contributed by atoms with Crippen molar-refractivity contribution in [3.05, 3.63) is 54.0 Å². The number of furan rings is 1. The van der Waals surface area contributed by atoms with Gasteiger partial charge in [-0.1, -0.05) is 6.07 Å². The number of carbonyl (C=O) groups excluding carboxylic acids is 1. The highest BCUT2D eigenvalue weighted by molar-refractivity contribution is 5.89. The molecule has 0 saturated heterocycles. The maximum atomic E-state index is 13.4. The van der Waals surface area contributed by atoms with E-state index >= 15 is 0 Å². The van der Waals surface area contributed by atoms with Gasteiger partial charge in [0.2, 0.25) is 0 Å². The van der Waals surface area contributed by atoms with Gasteiger partial charge in [0.05, 0.1) is 12.8 Å². The SMILES string of the molecule is CC(O)(CNC(=O)Nc1c(F)cccc1F)c1ccco1. The first-order valence-corrected chi connectivity index (χ1v) is 6.15. The lowest BCUT2D eigenvalue weighted by Crippen LogP contribution is -2.40. The lowest BCUT2D eigenvalue weighted by molar-refractivity contribution is 0.0372. The number of para-hydroxylation sites is 1. The minimum atomic E-state index is -1.44. The first-order chi connectivity index (χ1) is 9.90. The fraction of sp³-hybridized carbons (Fsp3) is 0.214. The van der Waals surface area contributed by atoms with Crippen molar-refractivity contribution in [2.75, 3.05) is 11.9 Å². The van der Waals surface area contributed by atoms with Gasteiger partial charge in [-0.15, -0.1) is 0 Å². The molecule has 0 spiro atoms. The number of hydrogen-bond acceptors (Lipinski definition) is 3. The summed E-state index contributed by atoms with van der Waals surface area (Å²) in [4.78, 5) is 11.6. The van der Waals surface area contributed by atoms with Crippen LogP contribution in [0.3, 0.4) is 0 Å². The molecule has 2 aromatic rings. The average molecular weight is 296 g/mol. The Labute approximate surface area is 119 Å². The lowest BCUT2D eigenvalue weighted by Gasteiger charge is -2.21. The van der Waals surface area contributed by atoms with Crippen LogP contribution in [0.4, 0.5) is 19.3 Å². The van der Waals surface area contributed by atoms with Gasteiger partial charge in [0, 0.05) is 0 Å². The second-order valence-corrected chi connectivity index (χ2v) is 4.66. The number of carbonyl (C=O) groups is 1. The third-order valence-corrected chi connectivity index (χ3v) is 2.85. The topological polar surface area (TPSA) is 74.5 Å². The van der Waals surface area contributed by atoms with Crippen LogP contribution in [0.5, 0.6) is 0 Å². The summed E-state index contributed by atoms with van der Waals surface area (Å²) in [6.45, 7) is 1.25. The number of anilines is 1. The smallest absolute Gasteiger partial charge is 0.319 e. The van der Waals surface area contributed by atoms with Crippen molar-refractivity contribution >= 4 is 11.7 Å². The molecule has 0 saturated carbocycles. The zero-order valence-electron chi connectivity index (χ0n) is 11.2. The Hall–Kier alpha value is -2.41. The highest BCUT2D eigenvalue weighted by Crippen LogP contribution is 2.20. The minimum absolute atomic E-state index is 0.192. The molecule has 0 fully saturated rings. The summed E-state index contributed by atoms with van der Waals surface area (Å²) in [6, 6.07) is 5.55. The number of aliphatic hydroxyl groups is 1. The van der Waals surface area contributed by atoms with E-state index in [0.29, 0.717) is 0 Å². The summed E-state index contributed by atoms with van der Waals surface area (Å²) in [5.74, 6) is -1.51. The molecule has 2 rings (SSSR count). The van der Waals surface area contributed by atoms with Gasteiger partial charge in [-0.25, -0.2) is 13.6 Å². The summed E-state index contributed by atoms with van der Waals surface area (Å²) < 4.78 is 31.8. The van der Waals surface area contributed by atoms with Crippen LogP contribution < -0.4 is 10.6 Å². The third-order valence-electron chi connectivity index (χ3n) is 2.85. The Morgan fingerprint density at radius 2 is 1.95 bits per heavy atom. The highest BCUT2D eigenvalue weighted by atomic mass is 19.1. The summed E-state index contributed by atoms with van der Waals surface area (Å²) in [5.41, 5.74) is -1.98. The van der Waals surface area contributed by atoms with E-state index in [0.717, 1.165) is 12.1 Å². The number of amides is 2. The Morgan fingerprint density at radius 3 is 2.52 bits per heavy atom. The minimum Gasteiger partial charge on any atom is -0.466 e. The van der Waals surface area contributed by atoms with Crippen LogP contribution in [0.2, 0.25) is 0 Å². The van der Waals surface area contributed by atoms with E-state index in [-0.39, 0.29) is 12.3 Å². The normalized spacial score (nSPS) is 13.5. The van der Waals surface area contributed by atoms with Crippen LogP contribution in [0.25, 0.3) is 0 Å². The van der Waals surface area contributed by atoms with Gasteiger partial charge < -0.3 is 20.2 Å². The first-order valence-electron chi connectivity index (χ1n) is 6.15. The van der Waals surface area contributed by atoms with E-state index in [1.165, 1.54) is 19.3 Å². The lowest BCUT2D eigenvalue weighted by atomic mass is 10.0. The Balaban J connectivity index is 1.97. The maximum Gasteiger partial charge on any atom is 0.319 e. The van der Waals surface area contributed by atoms with Crippen molar-refractivity contribution < 1.29 is 23.1 Å². The van der Waals surface area contributed by atoms with Crippen molar-refractivity contribution in [1.29, 1.82) is 0 Å². The molecule has 5 nitrogen and oxygen atoms in total. The molecular formula is C14H14F2N2O3. The average Bonchev–Trinajstić information content (AvgIpc) is 2.96. The molecule has 0 aliphatic heterocycles. The first kappa shape index (κ1) is 15.0. The number of nitrogens with one attached hydrogen (secondary N) is 2. The summed E-state index contributed by atoms with van der Waals surface area (Å²) in [6.07, 6.45) is 1.39. The number of hydrogen-bond donors (Lipinski definition) is 3. The largest absolute Gasteiger partial charge is 0.466 e. The van der Waals surface area contributed by atoms with Gasteiger partial charge in [0.25, 0.3) is 0 Å². The summed E-state index contributed by atoms with van der Waals surface area (Å²) in [7, 11) is 0. The van der Waals surface area contributed by atoms with Gasteiger partial charge >= 0.3 is 6.03 Å². The molecule has 1 aromatic carbocycles. The fourth-order valence-corrected chi connectivity index (χ4v) is 1.70. The number of urea groups is 1. The van der Waals surface area contributed by atoms with Gasteiger partial charge in [-0.05, 0) is 31.2 Å². The molecule has 1 aromatic heterocycles. The van der Waals surface area contributed by atoms with E-state index in [1.807, 2.05) is 0 Å². The van der Waals surface area contributed by atoms with E-state index in [9.17, 15) is 18.7 Å². The number of halogens is 2. The summed E-state index contributed by atoms with van der Waals surface area (Å²) >= 11 is 0. The molecule has 21 heavy (non-hydrogen) atoms. The predicted molar refractivity (Wildman–Crippen MR) is 71.7 cm³/mol. The Bertz CT molecular complexity index is 607. The molecular weight excluding hydrogens is 282 g/mol. The zero-order valence-corrected chi connectivity index (χ0v) is 11.2. The van der Waals surface area contributed by atoms with Gasteiger partial charge in [0.15, 0.2) is 0 Å². The van der Waals surface area contributed by atoms with Crippen molar-refractivity contribution in [3.8, 4) is 0 Å². The van der Waals surface area contributed by atoms with Crippen LogP contribution in [-0.4, -0.2) is 17.7 Å². The molecule has 1 heterocycles. The van der Waals surface area contributed by atoms with E-state index in [2.05, 4.69) is 10.6 Å². The molecule has 0 aliphatic carbocycles. The zero-order chi connectivity index (χ0) is 15.5. The van der Waals surface area contributed by atoms with Crippen molar-refractivity contribution in [1.82, 2.24) is 5.32 Å². The molecule has 1 unspecified atom stereocenters.